The number of methoxy groups -OCH3 is 1. The van der Waals surface area contributed by atoms with Crippen molar-refractivity contribution in [1.29, 1.82) is 0 Å². The van der Waals surface area contributed by atoms with Crippen LogP contribution in [0.1, 0.15) is 19.9 Å². The molecule has 0 bridgehead atoms. The molecule has 0 amide bonds. The molecular weight excluding hydrogens is 272 g/mol. The Labute approximate surface area is 121 Å². The molecule has 0 aromatic carbocycles. The molecule has 0 aliphatic heterocycles. The van der Waals surface area contributed by atoms with Crippen LogP contribution in [-0.2, 0) is 18.3 Å². The molecular formula is C14H18N4O3. The number of imidazole rings is 1. The lowest BCUT2D eigenvalue weighted by Crippen LogP contribution is -2.39. The lowest BCUT2D eigenvalue weighted by Gasteiger charge is -2.13. The Balaban J connectivity index is 2.77. The molecule has 0 fully saturated rings. The smallest absolute Gasteiger partial charge is 0.333 e. The number of hydrogen-bond acceptors (Lipinski definition) is 4. The van der Waals surface area contributed by atoms with Crippen molar-refractivity contribution in [2.75, 3.05) is 13.7 Å². The number of hydrogen-bond donors (Lipinski definition) is 0. The van der Waals surface area contributed by atoms with Crippen molar-refractivity contribution in [1.82, 2.24) is 18.7 Å². The van der Waals surface area contributed by atoms with Gasteiger partial charge in [0.25, 0.3) is 5.56 Å². The fourth-order valence-electron chi connectivity index (χ4n) is 2.24. The van der Waals surface area contributed by atoms with E-state index in [9.17, 15) is 9.59 Å². The van der Waals surface area contributed by atoms with Gasteiger partial charge < -0.3 is 9.30 Å². The minimum Gasteiger partial charge on any atom is -0.383 e. The molecule has 0 radical (unpaired) electrons. The first kappa shape index (κ1) is 15.1. The van der Waals surface area contributed by atoms with E-state index in [-0.39, 0.29) is 18.1 Å². The normalized spacial score (nSPS) is 12.2. The van der Waals surface area contributed by atoms with E-state index in [2.05, 4.69) is 16.8 Å². The predicted molar refractivity (Wildman–Crippen MR) is 79.3 cm³/mol. The Hall–Kier alpha value is -2.33. The summed E-state index contributed by atoms with van der Waals surface area (Å²) in [5.41, 5.74) is -0.0376. The van der Waals surface area contributed by atoms with E-state index in [1.165, 1.54) is 4.57 Å². The van der Waals surface area contributed by atoms with Gasteiger partial charge in [0.2, 0.25) is 0 Å². The highest BCUT2D eigenvalue weighted by Crippen LogP contribution is 2.13. The zero-order chi connectivity index (χ0) is 15.6. The standard InChI is InChI=1S/C14H18N4O3/c1-5-6-7-17-13(19)11-12(16(3)14(17)20)15-9-18(11)10(2)8-21-4/h9-10H,7-8H2,1-4H3/t10-/m0/s1. The van der Waals surface area contributed by atoms with Crippen molar-refractivity contribution in [2.45, 2.75) is 26.4 Å². The van der Waals surface area contributed by atoms with Crippen LogP contribution in [0.15, 0.2) is 15.9 Å². The van der Waals surface area contributed by atoms with Crippen LogP contribution < -0.4 is 11.2 Å². The molecule has 1 atom stereocenters. The van der Waals surface area contributed by atoms with Gasteiger partial charge in [-0.3, -0.25) is 9.36 Å². The van der Waals surface area contributed by atoms with Crippen LogP contribution in [0.25, 0.3) is 11.2 Å². The van der Waals surface area contributed by atoms with Gasteiger partial charge in [0.15, 0.2) is 11.2 Å². The predicted octanol–water partition coefficient (Wildman–Crippen LogP) is 0.127. The summed E-state index contributed by atoms with van der Waals surface area (Å²) in [6.45, 7) is 4.11. The maximum atomic E-state index is 12.6. The van der Waals surface area contributed by atoms with Gasteiger partial charge in [-0.2, -0.15) is 0 Å². The molecule has 0 N–H and O–H groups in total. The van der Waals surface area contributed by atoms with Gasteiger partial charge in [0.05, 0.1) is 25.5 Å². The number of aryl methyl sites for hydroxylation is 1. The number of ether oxygens (including phenoxy) is 1. The molecule has 2 aromatic heterocycles. The van der Waals surface area contributed by atoms with Gasteiger partial charge in [-0.25, -0.2) is 14.3 Å². The monoisotopic (exact) mass is 290 g/mol. The topological polar surface area (TPSA) is 71.0 Å². The number of aromatic nitrogens is 4. The molecule has 2 heterocycles. The molecule has 7 heteroatoms. The first-order chi connectivity index (χ1) is 10.0. The highest BCUT2D eigenvalue weighted by atomic mass is 16.5. The van der Waals surface area contributed by atoms with Gasteiger partial charge in [0.1, 0.15) is 0 Å². The molecule has 21 heavy (non-hydrogen) atoms. The highest BCUT2D eigenvalue weighted by molar-refractivity contribution is 5.70. The second-order valence-electron chi connectivity index (χ2n) is 4.79. The minimum atomic E-state index is -0.417. The Morgan fingerprint density at radius 2 is 2.14 bits per heavy atom. The van der Waals surface area contributed by atoms with E-state index in [1.54, 1.807) is 32.0 Å². The molecule has 0 unspecified atom stereocenters. The summed E-state index contributed by atoms with van der Waals surface area (Å²) >= 11 is 0. The Bertz CT molecular complexity index is 832. The summed E-state index contributed by atoms with van der Waals surface area (Å²) in [4.78, 5) is 29.0. The van der Waals surface area contributed by atoms with Crippen LogP contribution in [0, 0.1) is 11.8 Å². The van der Waals surface area contributed by atoms with Gasteiger partial charge in [-0.1, -0.05) is 5.92 Å². The summed E-state index contributed by atoms with van der Waals surface area (Å²) in [6.07, 6.45) is 1.56. The molecule has 0 aliphatic carbocycles. The van der Waals surface area contributed by atoms with Gasteiger partial charge in [-0.05, 0) is 13.8 Å². The Kier molecular flexibility index (Phi) is 4.29. The van der Waals surface area contributed by atoms with E-state index in [0.29, 0.717) is 17.8 Å². The van der Waals surface area contributed by atoms with Crippen LogP contribution >= 0.6 is 0 Å². The molecule has 7 nitrogen and oxygen atoms in total. The van der Waals surface area contributed by atoms with E-state index < -0.39 is 5.69 Å². The van der Waals surface area contributed by atoms with E-state index >= 15 is 0 Å². The van der Waals surface area contributed by atoms with Crippen LogP contribution in [0.2, 0.25) is 0 Å². The van der Waals surface area contributed by atoms with E-state index in [1.807, 2.05) is 6.92 Å². The second kappa shape index (κ2) is 5.97. The summed E-state index contributed by atoms with van der Waals surface area (Å²) in [6, 6.07) is -0.0593. The van der Waals surface area contributed by atoms with Gasteiger partial charge >= 0.3 is 5.69 Å². The Morgan fingerprint density at radius 1 is 1.43 bits per heavy atom. The number of rotatable bonds is 4. The van der Waals surface area contributed by atoms with Gasteiger partial charge in [0, 0.05) is 14.2 Å². The van der Waals surface area contributed by atoms with Crippen molar-refractivity contribution < 1.29 is 4.74 Å². The lowest BCUT2D eigenvalue weighted by atomic mass is 10.3. The second-order valence-corrected chi connectivity index (χ2v) is 4.79. The molecule has 2 rings (SSSR count). The summed E-state index contributed by atoms with van der Waals surface area (Å²) in [7, 11) is 3.19. The van der Waals surface area contributed by atoms with Crippen molar-refractivity contribution >= 4 is 11.2 Å². The quantitative estimate of drug-likeness (QED) is 0.750. The SMILES string of the molecule is CC#CCn1c(=O)c2c(ncn2[C@@H](C)COC)n(C)c1=O. The maximum Gasteiger partial charge on any atom is 0.333 e. The maximum absolute atomic E-state index is 12.6. The summed E-state index contributed by atoms with van der Waals surface area (Å²) in [5, 5.41) is 0. The average Bonchev–Trinajstić information content (AvgIpc) is 2.90. The zero-order valence-electron chi connectivity index (χ0n) is 12.6. The summed E-state index contributed by atoms with van der Waals surface area (Å²) in [5.74, 6) is 5.44. The van der Waals surface area contributed by atoms with Crippen LogP contribution in [0.3, 0.4) is 0 Å². The first-order valence-corrected chi connectivity index (χ1v) is 6.57. The Morgan fingerprint density at radius 3 is 2.76 bits per heavy atom. The van der Waals surface area contributed by atoms with Crippen LogP contribution in [0.4, 0.5) is 0 Å². The van der Waals surface area contributed by atoms with E-state index in [4.69, 9.17) is 4.74 Å². The third-order valence-electron chi connectivity index (χ3n) is 3.35. The molecule has 0 aliphatic rings. The minimum absolute atomic E-state index is 0.0593. The number of nitrogens with zero attached hydrogens (tertiary/aromatic N) is 4. The fraction of sp³-hybridized carbons (Fsp3) is 0.500. The summed E-state index contributed by atoms with van der Waals surface area (Å²) < 4.78 is 9.34. The average molecular weight is 290 g/mol. The van der Waals surface area contributed by atoms with Crippen molar-refractivity contribution in [3.8, 4) is 11.8 Å². The molecule has 112 valence electrons. The lowest BCUT2D eigenvalue weighted by molar-refractivity contribution is 0.163. The van der Waals surface area contributed by atoms with Crippen LogP contribution in [0.5, 0.6) is 0 Å². The zero-order valence-corrected chi connectivity index (χ0v) is 12.6. The first-order valence-electron chi connectivity index (χ1n) is 6.57. The molecule has 0 spiro atoms. The van der Waals surface area contributed by atoms with Crippen LogP contribution in [-0.4, -0.2) is 32.4 Å². The fourth-order valence-corrected chi connectivity index (χ4v) is 2.24. The molecule has 2 aromatic rings. The third kappa shape index (κ3) is 2.50. The molecule has 0 saturated heterocycles. The van der Waals surface area contributed by atoms with Gasteiger partial charge in [-0.15, -0.1) is 5.92 Å². The van der Waals surface area contributed by atoms with E-state index in [0.717, 1.165) is 4.57 Å². The molecule has 0 saturated carbocycles. The van der Waals surface area contributed by atoms with Crippen molar-refractivity contribution in [3.63, 3.8) is 0 Å². The van der Waals surface area contributed by atoms with Crippen molar-refractivity contribution in [2.24, 2.45) is 7.05 Å². The van der Waals surface area contributed by atoms with Crippen molar-refractivity contribution in [3.05, 3.63) is 27.2 Å². The number of fused-ring (bicyclic) bond motifs is 1. The third-order valence-corrected chi connectivity index (χ3v) is 3.35. The highest BCUT2D eigenvalue weighted by Gasteiger charge is 2.18. The largest absolute Gasteiger partial charge is 0.383 e.